The average Bonchev–Trinajstić information content (AvgIpc) is 3.23. The third-order valence-electron chi connectivity index (χ3n) is 5.35. The first-order valence-electron chi connectivity index (χ1n) is 10.1. The Kier molecular flexibility index (Phi) is 5.87. The third kappa shape index (κ3) is 4.56. The van der Waals surface area contributed by atoms with E-state index < -0.39 is 0 Å². The van der Waals surface area contributed by atoms with Gasteiger partial charge in [-0.3, -0.25) is 4.90 Å². The van der Waals surface area contributed by atoms with Crippen molar-refractivity contribution in [3.05, 3.63) is 71.8 Å². The highest BCUT2D eigenvalue weighted by Crippen LogP contribution is 2.32. The largest absolute Gasteiger partial charge is 0.378 e. The average molecular weight is 400 g/mol. The van der Waals surface area contributed by atoms with Gasteiger partial charge in [-0.25, -0.2) is 15.0 Å². The fourth-order valence-electron chi connectivity index (χ4n) is 3.77. The molecular weight excluding hydrogens is 374 g/mol. The molecule has 3 heterocycles. The van der Waals surface area contributed by atoms with Crippen molar-refractivity contribution in [3.8, 4) is 6.07 Å². The lowest BCUT2D eigenvalue weighted by atomic mass is 10.1. The van der Waals surface area contributed by atoms with Crippen LogP contribution in [0.3, 0.4) is 0 Å². The zero-order valence-electron chi connectivity index (χ0n) is 17.3. The lowest BCUT2D eigenvalue weighted by Gasteiger charge is -2.24. The number of hydrogen-bond acceptors (Lipinski definition) is 7. The van der Waals surface area contributed by atoms with Crippen molar-refractivity contribution >= 4 is 17.3 Å². The molecule has 2 aromatic heterocycles. The summed E-state index contributed by atoms with van der Waals surface area (Å²) in [6, 6.07) is 16.5. The van der Waals surface area contributed by atoms with Gasteiger partial charge in [0.25, 0.3) is 0 Å². The van der Waals surface area contributed by atoms with Crippen LogP contribution >= 0.6 is 0 Å². The highest BCUT2D eigenvalue weighted by atomic mass is 15.2. The molecular formula is C23H25N7. The zero-order valence-corrected chi connectivity index (χ0v) is 17.3. The number of nitrogens with zero attached hydrogens (tertiary/aromatic N) is 6. The summed E-state index contributed by atoms with van der Waals surface area (Å²) in [5.41, 5.74) is 4.69. The summed E-state index contributed by atoms with van der Waals surface area (Å²) in [5, 5.41) is 12.1. The molecule has 30 heavy (non-hydrogen) atoms. The molecule has 0 unspecified atom stereocenters. The molecule has 3 aromatic rings. The summed E-state index contributed by atoms with van der Waals surface area (Å²) < 4.78 is 0. The molecule has 152 valence electrons. The Balaban J connectivity index is 1.47. The van der Waals surface area contributed by atoms with Crippen LogP contribution in [-0.4, -0.2) is 40.5 Å². The molecule has 1 fully saturated rings. The summed E-state index contributed by atoms with van der Waals surface area (Å²) in [4.78, 5) is 17.8. The fraction of sp³-hybridized carbons (Fsp3) is 0.304. The van der Waals surface area contributed by atoms with Crippen LogP contribution in [0.4, 0.5) is 17.3 Å². The summed E-state index contributed by atoms with van der Waals surface area (Å²) in [7, 11) is 4.11. The van der Waals surface area contributed by atoms with Gasteiger partial charge in [-0.2, -0.15) is 5.26 Å². The number of aromatic nitrogens is 3. The topological polar surface area (TPSA) is 81.0 Å². The summed E-state index contributed by atoms with van der Waals surface area (Å²) in [6.45, 7) is 1.97. The van der Waals surface area contributed by atoms with Crippen LogP contribution in [0.2, 0.25) is 0 Å². The number of nitriles is 1. The van der Waals surface area contributed by atoms with Gasteiger partial charge in [0.2, 0.25) is 5.95 Å². The molecule has 1 aliphatic rings. The second-order valence-electron chi connectivity index (χ2n) is 7.66. The number of likely N-dealkylation sites (tertiary alicyclic amines) is 1. The van der Waals surface area contributed by atoms with Gasteiger partial charge in [-0.1, -0.05) is 12.1 Å². The molecule has 1 saturated heterocycles. The molecule has 7 heteroatoms. The predicted molar refractivity (Wildman–Crippen MR) is 117 cm³/mol. The molecule has 0 bridgehead atoms. The molecule has 1 N–H and O–H groups in total. The Hall–Kier alpha value is -3.50. The number of hydrogen-bond donors (Lipinski definition) is 1. The quantitative estimate of drug-likeness (QED) is 0.673. The van der Waals surface area contributed by atoms with E-state index in [9.17, 15) is 0 Å². The van der Waals surface area contributed by atoms with E-state index in [2.05, 4.69) is 63.4 Å². The van der Waals surface area contributed by atoms with Crippen LogP contribution in [-0.2, 0) is 6.54 Å². The maximum absolute atomic E-state index is 8.88. The SMILES string of the molecule is CN(C)c1ccc(CN2CCC[C@@H]2c2ccnc(Nc3ccc(C#N)nc3)n2)cc1. The first-order valence-corrected chi connectivity index (χ1v) is 10.1. The summed E-state index contributed by atoms with van der Waals surface area (Å²) in [5.74, 6) is 0.543. The van der Waals surface area contributed by atoms with E-state index in [0.717, 1.165) is 37.3 Å². The highest BCUT2D eigenvalue weighted by Gasteiger charge is 2.27. The first-order chi connectivity index (χ1) is 14.6. The van der Waals surface area contributed by atoms with E-state index in [1.54, 1.807) is 24.5 Å². The molecule has 0 saturated carbocycles. The summed E-state index contributed by atoms with van der Waals surface area (Å²) >= 11 is 0. The van der Waals surface area contributed by atoms with Gasteiger partial charge >= 0.3 is 0 Å². The van der Waals surface area contributed by atoms with Crippen LogP contribution in [0.25, 0.3) is 0 Å². The Morgan fingerprint density at radius 1 is 1.13 bits per heavy atom. The van der Waals surface area contributed by atoms with Gasteiger partial charge in [0.05, 0.1) is 23.6 Å². The van der Waals surface area contributed by atoms with Crippen LogP contribution in [0.1, 0.15) is 35.8 Å². The molecule has 0 radical (unpaired) electrons. The van der Waals surface area contributed by atoms with Gasteiger partial charge < -0.3 is 10.2 Å². The summed E-state index contributed by atoms with van der Waals surface area (Å²) in [6.07, 6.45) is 5.66. The van der Waals surface area contributed by atoms with Gasteiger partial charge in [0.15, 0.2) is 0 Å². The van der Waals surface area contributed by atoms with Crippen LogP contribution in [0, 0.1) is 11.3 Å². The van der Waals surface area contributed by atoms with Crippen molar-refractivity contribution in [2.75, 3.05) is 30.9 Å². The Morgan fingerprint density at radius 2 is 1.97 bits per heavy atom. The first kappa shape index (κ1) is 19.8. The van der Waals surface area contributed by atoms with Crippen molar-refractivity contribution in [3.63, 3.8) is 0 Å². The van der Waals surface area contributed by atoms with E-state index in [-0.39, 0.29) is 6.04 Å². The van der Waals surface area contributed by atoms with E-state index >= 15 is 0 Å². The van der Waals surface area contributed by atoms with E-state index in [1.165, 1.54) is 11.3 Å². The second kappa shape index (κ2) is 8.89. The number of anilines is 3. The van der Waals surface area contributed by atoms with Crippen molar-refractivity contribution in [1.29, 1.82) is 5.26 Å². The van der Waals surface area contributed by atoms with Crippen molar-refractivity contribution < 1.29 is 0 Å². The Morgan fingerprint density at radius 3 is 2.67 bits per heavy atom. The fourth-order valence-corrected chi connectivity index (χ4v) is 3.77. The lowest BCUT2D eigenvalue weighted by Crippen LogP contribution is -2.23. The maximum Gasteiger partial charge on any atom is 0.227 e. The van der Waals surface area contributed by atoms with Crippen LogP contribution in [0.5, 0.6) is 0 Å². The van der Waals surface area contributed by atoms with Crippen LogP contribution < -0.4 is 10.2 Å². The smallest absolute Gasteiger partial charge is 0.227 e. The molecule has 0 spiro atoms. The minimum absolute atomic E-state index is 0.279. The van der Waals surface area contributed by atoms with Gasteiger partial charge in [-0.05, 0) is 55.3 Å². The monoisotopic (exact) mass is 399 g/mol. The maximum atomic E-state index is 8.88. The standard InChI is InChI=1S/C23H25N7/c1-29(2)20-9-5-17(6-10-20)16-30-13-3-4-22(30)21-11-12-25-23(28-21)27-19-8-7-18(14-24)26-15-19/h5-12,15,22H,3-4,13,16H2,1-2H3,(H,25,27,28)/t22-/m1/s1. The van der Waals surface area contributed by atoms with Gasteiger partial charge in [0.1, 0.15) is 11.8 Å². The van der Waals surface area contributed by atoms with Crippen molar-refractivity contribution in [2.45, 2.75) is 25.4 Å². The van der Waals surface area contributed by atoms with Crippen molar-refractivity contribution in [1.82, 2.24) is 19.9 Å². The van der Waals surface area contributed by atoms with E-state index in [0.29, 0.717) is 11.6 Å². The predicted octanol–water partition coefficient (Wildman–Crippen LogP) is 3.89. The van der Waals surface area contributed by atoms with Gasteiger partial charge in [-0.15, -0.1) is 0 Å². The third-order valence-corrected chi connectivity index (χ3v) is 5.35. The number of pyridine rings is 1. The molecule has 1 aromatic carbocycles. The Bertz CT molecular complexity index is 1020. The number of benzene rings is 1. The minimum atomic E-state index is 0.279. The lowest BCUT2D eigenvalue weighted by molar-refractivity contribution is 0.244. The highest BCUT2D eigenvalue weighted by molar-refractivity contribution is 5.52. The molecule has 1 atom stereocenters. The normalized spacial score (nSPS) is 16.2. The number of nitrogens with one attached hydrogen (secondary N) is 1. The molecule has 0 aliphatic carbocycles. The molecule has 0 amide bonds. The molecule has 7 nitrogen and oxygen atoms in total. The van der Waals surface area contributed by atoms with E-state index in [1.807, 2.05) is 12.1 Å². The number of rotatable bonds is 6. The zero-order chi connectivity index (χ0) is 20.9. The van der Waals surface area contributed by atoms with Crippen molar-refractivity contribution in [2.24, 2.45) is 0 Å². The second-order valence-corrected chi connectivity index (χ2v) is 7.66. The van der Waals surface area contributed by atoms with E-state index in [4.69, 9.17) is 10.2 Å². The van der Waals surface area contributed by atoms with Crippen LogP contribution in [0.15, 0.2) is 54.9 Å². The molecule has 1 aliphatic heterocycles. The Labute approximate surface area is 177 Å². The van der Waals surface area contributed by atoms with Gasteiger partial charge in [0, 0.05) is 32.5 Å². The minimum Gasteiger partial charge on any atom is -0.378 e. The molecule has 4 rings (SSSR count).